The molecule has 0 spiro atoms. The van der Waals surface area contributed by atoms with E-state index in [1.165, 1.54) is 12.8 Å². The zero-order valence-electron chi connectivity index (χ0n) is 8.85. The molecule has 0 aromatic heterocycles. The highest BCUT2D eigenvalue weighted by Gasteiger charge is 2.05. The van der Waals surface area contributed by atoms with Gasteiger partial charge in [-0.05, 0) is 18.3 Å². The minimum absolute atomic E-state index is 0.731. The Morgan fingerprint density at radius 2 is 1.73 bits per heavy atom. The fraction of sp³-hybridized carbons (Fsp3) is 0.818. The molecule has 0 rings (SSSR count). The molecule has 0 amide bonds. The summed E-state index contributed by atoms with van der Waals surface area (Å²) >= 11 is 0. The van der Waals surface area contributed by atoms with E-state index < -0.39 is 0 Å². The Morgan fingerprint density at radius 3 is 1.82 bits per heavy atom. The van der Waals surface area contributed by atoms with E-state index in [9.17, 15) is 0 Å². The molecule has 68 valence electrons. The van der Waals surface area contributed by atoms with Crippen molar-refractivity contribution in [1.29, 1.82) is 0 Å². The Bertz CT molecular complexity index is 72.1. The van der Waals surface area contributed by atoms with Crippen molar-refractivity contribution in [1.82, 2.24) is 0 Å². The van der Waals surface area contributed by atoms with E-state index in [0.29, 0.717) is 0 Å². The largest absolute Gasteiger partial charge is 0.103 e. The first-order valence-corrected chi connectivity index (χ1v) is 4.84. The Kier molecular flexibility index (Phi) is 11.8. The summed E-state index contributed by atoms with van der Waals surface area (Å²) in [7, 11) is 0. The van der Waals surface area contributed by atoms with Gasteiger partial charge in [-0.25, -0.2) is 0 Å². The summed E-state index contributed by atoms with van der Waals surface area (Å²) in [5.41, 5.74) is 0. The second-order valence-corrected chi connectivity index (χ2v) is 2.93. The second kappa shape index (κ2) is 9.74. The van der Waals surface area contributed by atoms with Crippen LogP contribution >= 0.6 is 0 Å². The predicted molar refractivity (Wildman–Crippen MR) is 54.8 cm³/mol. The predicted octanol–water partition coefficient (Wildman–Crippen LogP) is 4.27. The first-order chi connectivity index (χ1) is 5.22. The van der Waals surface area contributed by atoms with Crippen LogP contribution in [-0.2, 0) is 0 Å². The van der Waals surface area contributed by atoms with Crippen molar-refractivity contribution in [2.75, 3.05) is 0 Å². The van der Waals surface area contributed by atoms with Gasteiger partial charge in [0.25, 0.3) is 0 Å². The van der Waals surface area contributed by atoms with Crippen molar-refractivity contribution in [2.45, 2.75) is 47.5 Å². The molecule has 0 aromatic carbocycles. The molecule has 0 N–H and O–H groups in total. The van der Waals surface area contributed by atoms with Gasteiger partial charge in [0.05, 0.1) is 0 Å². The van der Waals surface area contributed by atoms with Gasteiger partial charge in [-0.1, -0.05) is 47.1 Å². The Morgan fingerprint density at radius 1 is 1.27 bits per heavy atom. The first kappa shape index (κ1) is 13.3. The molecular weight excluding hydrogens is 132 g/mol. The van der Waals surface area contributed by atoms with Gasteiger partial charge in [0.15, 0.2) is 0 Å². The molecular formula is C11H24. The van der Waals surface area contributed by atoms with Crippen LogP contribution in [0.4, 0.5) is 0 Å². The van der Waals surface area contributed by atoms with Gasteiger partial charge in [-0.15, -0.1) is 6.58 Å². The minimum Gasteiger partial charge on any atom is -0.103 e. The number of rotatable bonds is 4. The third-order valence-electron chi connectivity index (χ3n) is 1.78. The number of hydrogen-bond acceptors (Lipinski definition) is 0. The highest BCUT2D eigenvalue weighted by molar-refractivity contribution is 4.80. The molecule has 0 heteroatoms. The first-order valence-electron chi connectivity index (χ1n) is 4.84. The summed E-state index contributed by atoms with van der Waals surface area (Å²) in [6, 6.07) is 0. The van der Waals surface area contributed by atoms with Gasteiger partial charge in [0.1, 0.15) is 0 Å². The quantitative estimate of drug-likeness (QED) is 0.533. The van der Waals surface area contributed by atoms with Crippen LogP contribution in [0.2, 0.25) is 0 Å². The summed E-state index contributed by atoms with van der Waals surface area (Å²) in [5.74, 6) is 1.50. The molecule has 0 unspecified atom stereocenters. The summed E-state index contributed by atoms with van der Waals surface area (Å²) in [6.45, 7) is 14.5. The lowest BCUT2D eigenvalue weighted by Gasteiger charge is -2.14. The second-order valence-electron chi connectivity index (χ2n) is 2.93. The smallest absolute Gasteiger partial charge is 0.0213 e. The molecule has 0 fully saturated rings. The Labute approximate surface area is 72.7 Å². The van der Waals surface area contributed by atoms with E-state index in [4.69, 9.17) is 0 Å². The molecule has 0 radical (unpaired) electrons. The SMILES string of the molecule is C=C[C@@H](CCC)C(C)C.CC. The lowest BCUT2D eigenvalue weighted by Crippen LogP contribution is -2.03. The van der Waals surface area contributed by atoms with Crippen LogP contribution in [0.15, 0.2) is 12.7 Å². The van der Waals surface area contributed by atoms with Gasteiger partial charge < -0.3 is 0 Å². The molecule has 1 atom stereocenters. The van der Waals surface area contributed by atoms with Crippen LogP contribution in [0, 0.1) is 11.8 Å². The molecule has 0 nitrogen and oxygen atoms in total. The number of allylic oxidation sites excluding steroid dienone is 1. The zero-order chi connectivity index (χ0) is 9.28. The molecule has 0 aliphatic rings. The Balaban J connectivity index is 0. The minimum atomic E-state index is 0.731. The van der Waals surface area contributed by atoms with Gasteiger partial charge in [0, 0.05) is 0 Å². The van der Waals surface area contributed by atoms with E-state index in [1.807, 2.05) is 13.8 Å². The highest BCUT2D eigenvalue weighted by atomic mass is 14.1. The van der Waals surface area contributed by atoms with Crippen LogP contribution in [0.3, 0.4) is 0 Å². The number of hydrogen-bond donors (Lipinski definition) is 0. The van der Waals surface area contributed by atoms with Crippen molar-refractivity contribution in [2.24, 2.45) is 11.8 Å². The zero-order valence-corrected chi connectivity index (χ0v) is 8.85. The summed E-state index contributed by atoms with van der Waals surface area (Å²) < 4.78 is 0. The lowest BCUT2D eigenvalue weighted by atomic mass is 9.92. The van der Waals surface area contributed by atoms with E-state index in [0.717, 1.165) is 11.8 Å². The van der Waals surface area contributed by atoms with Crippen molar-refractivity contribution < 1.29 is 0 Å². The molecule has 0 aliphatic heterocycles. The van der Waals surface area contributed by atoms with Gasteiger partial charge in [-0.2, -0.15) is 0 Å². The van der Waals surface area contributed by atoms with E-state index in [2.05, 4.69) is 33.4 Å². The topological polar surface area (TPSA) is 0 Å². The van der Waals surface area contributed by atoms with Crippen LogP contribution in [0.5, 0.6) is 0 Å². The average molecular weight is 156 g/mol. The van der Waals surface area contributed by atoms with E-state index in [1.54, 1.807) is 0 Å². The van der Waals surface area contributed by atoms with E-state index in [-0.39, 0.29) is 0 Å². The van der Waals surface area contributed by atoms with Gasteiger partial charge in [0.2, 0.25) is 0 Å². The molecule has 0 bridgehead atoms. The van der Waals surface area contributed by atoms with Gasteiger partial charge >= 0.3 is 0 Å². The van der Waals surface area contributed by atoms with E-state index >= 15 is 0 Å². The molecule has 0 aromatic rings. The van der Waals surface area contributed by atoms with Gasteiger partial charge in [-0.3, -0.25) is 0 Å². The van der Waals surface area contributed by atoms with Crippen LogP contribution in [-0.4, -0.2) is 0 Å². The maximum Gasteiger partial charge on any atom is -0.0213 e. The monoisotopic (exact) mass is 156 g/mol. The van der Waals surface area contributed by atoms with Crippen LogP contribution < -0.4 is 0 Å². The fourth-order valence-corrected chi connectivity index (χ4v) is 1.06. The standard InChI is InChI=1S/C9H18.C2H6/c1-5-7-9(6-2)8(3)4;1-2/h6,8-9H,2,5,7H2,1,3-4H3;1-2H3/t9-;/m0./s1. The molecule has 0 saturated carbocycles. The third-order valence-corrected chi connectivity index (χ3v) is 1.78. The lowest BCUT2D eigenvalue weighted by molar-refractivity contribution is 0.433. The molecule has 0 saturated heterocycles. The normalized spacial score (nSPS) is 11.8. The Hall–Kier alpha value is -0.260. The maximum atomic E-state index is 3.80. The van der Waals surface area contributed by atoms with Crippen LogP contribution in [0.1, 0.15) is 47.5 Å². The van der Waals surface area contributed by atoms with Crippen molar-refractivity contribution in [3.05, 3.63) is 12.7 Å². The van der Waals surface area contributed by atoms with Crippen molar-refractivity contribution in [3.63, 3.8) is 0 Å². The molecule has 0 aliphatic carbocycles. The van der Waals surface area contributed by atoms with Crippen molar-refractivity contribution >= 4 is 0 Å². The third kappa shape index (κ3) is 7.64. The summed E-state index contributed by atoms with van der Waals surface area (Å²) in [6.07, 6.45) is 4.64. The summed E-state index contributed by atoms with van der Waals surface area (Å²) in [4.78, 5) is 0. The maximum absolute atomic E-state index is 3.80. The summed E-state index contributed by atoms with van der Waals surface area (Å²) in [5, 5.41) is 0. The average Bonchev–Trinajstić information content (AvgIpc) is 2.03. The molecule has 11 heavy (non-hydrogen) atoms. The molecule has 0 heterocycles. The fourth-order valence-electron chi connectivity index (χ4n) is 1.06. The highest BCUT2D eigenvalue weighted by Crippen LogP contribution is 2.17. The van der Waals surface area contributed by atoms with Crippen molar-refractivity contribution in [3.8, 4) is 0 Å². The van der Waals surface area contributed by atoms with Crippen LogP contribution in [0.25, 0.3) is 0 Å².